The number of nitrogens with one attached hydrogen (secondary N) is 2. The molecular formula is C14H19ClN6O2. The maximum atomic E-state index is 12.1. The Morgan fingerprint density at radius 2 is 2.09 bits per heavy atom. The Bertz CT molecular complexity index is 693. The maximum absolute atomic E-state index is 12.1. The summed E-state index contributed by atoms with van der Waals surface area (Å²) in [6, 6.07) is 0. The summed E-state index contributed by atoms with van der Waals surface area (Å²) in [5, 5.41) is 14.0. The highest BCUT2D eigenvalue weighted by Gasteiger charge is 2.18. The Morgan fingerprint density at radius 3 is 2.74 bits per heavy atom. The van der Waals surface area contributed by atoms with Crippen molar-refractivity contribution in [3.63, 3.8) is 0 Å². The minimum absolute atomic E-state index is 0.211. The summed E-state index contributed by atoms with van der Waals surface area (Å²) >= 11 is 5.77. The zero-order chi connectivity index (χ0) is 16.8. The van der Waals surface area contributed by atoms with Crippen molar-refractivity contribution >= 4 is 29.1 Å². The number of nitrogens with zero attached hydrogens (tertiary/aromatic N) is 4. The summed E-state index contributed by atoms with van der Waals surface area (Å²) in [5.74, 6) is -0.491. The van der Waals surface area contributed by atoms with Crippen LogP contribution in [0.4, 0.5) is 5.69 Å². The normalized spacial score (nSPS) is 10.6. The Balaban J connectivity index is 1.96. The van der Waals surface area contributed by atoms with Gasteiger partial charge in [-0.2, -0.15) is 10.2 Å². The molecule has 2 aromatic rings. The van der Waals surface area contributed by atoms with Crippen LogP contribution < -0.4 is 10.6 Å². The molecule has 0 aliphatic heterocycles. The number of aromatic nitrogens is 4. The molecule has 2 rings (SSSR count). The van der Waals surface area contributed by atoms with Crippen LogP contribution in [0.2, 0.25) is 5.02 Å². The van der Waals surface area contributed by atoms with E-state index in [2.05, 4.69) is 20.8 Å². The van der Waals surface area contributed by atoms with Crippen molar-refractivity contribution in [2.75, 3.05) is 11.9 Å². The van der Waals surface area contributed by atoms with Crippen LogP contribution in [0.1, 0.15) is 30.3 Å². The van der Waals surface area contributed by atoms with Crippen LogP contribution in [0.5, 0.6) is 0 Å². The largest absolute Gasteiger partial charge is 0.351 e. The van der Waals surface area contributed by atoms with Crippen molar-refractivity contribution in [2.45, 2.75) is 26.3 Å². The van der Waals surface area contributed by atoms with E-state index in [0.717, 1.165) is 6.42 Å². The molecule has 0 aliphatic carbocycles. The molecule has 0 bridgehead atoms. The van der Waals surface area contributed by atoms with E-state index in [1.807, 2.05) is 6.92 Å². The highest BCUT2D eigenvalue weighted by atomic mass is 35.5. The molecule has 2 amide bonds. The lowest BCUT2D eigenvalue weighted by molar-refractivity contribution is -0.116. The molecule has 0 saturated carbocycles. The van der Waals surface area contributed by atoms with Crippen LogP contribution in [0.15, 0.2) is 18.6 Å². The summed E-state index contributed by atoms with van der Waals surface area (Å²) in [6.45, 7) is 2.93. The van der Waals surface area contributed by atoms with Gasteiger partial charge in [0.25, 0.3) is 5.91 Å². The van der Waals surface area contributed by atoms with Crippen molar-refractivity contribution in [3.05, 3.63) is 29.3 Å². The van der Waals surface area contributed by atoms with E-state index >= 15 is 0 Å². The Morgan fingerprint density at radius 1 is 1.30 bits per heavy atom. The molecule has 8 nitrogen and oxygen atoms in total. The van der Waals surface area contributed by atoms with Crippen LogP contribution in [-0.4, -0.2) is 37.9 Å². The number of hydrogen-bond donors (Lipinski definition) is 2. The first-order chi connectivity index (χ1) is 11.0. The molecule has 0 radical (unpaired) electrons. The second kappa shape index (κ2) is 7.77. The highest BCUT2D eigenvalue weighted by Crippen LogP contribution is 2.14. The molecule has 23 heavy (non-hydrogen) atoms. The van der Waals surface area contributed by atoms with E-state index in [-0.39, 0.29) is 18.2 Å². The van der Waals surface area contributed by atoms with Gasteiger partial charge in [0, 0.05) is 32.8 Å². The number of rotatable bonds is 7. The van der Waals surface area contributed by atoms with Gasteiger partial charge in [-0.3, -0.25) is 19.0 Å². The van der Waals surface area contributed by atoms with Crippen LogP contribution in [0, 0.1) is 0 Å². The van der Waals surface area contributed by atoms with E-state index in [0.29, 0.717) is 29.5 Å². The molecule has 9 heteroatoms. The van der Waals surface area contributed by atoms with Gasteiger partial charge in [-0.05, 0) is 6.42 Å². The topological polar surface area (TPSA) is 93.8 Å². The molecule has 0 fully saturated rings. The van der Waals surface area contributed by atoms with Crippen LogP contribution in [0.3, 0.4) is 0 Å². The summed E-state index contributed by atoms with van der Waals surface area (Å²) in [5.41, 5.74) is 0.721. The predicted octanol–water partition coefficient (Wildman–Crippen LogP) is 1.44. The molecule has 0 unspecified atom stereocenters. The standard InChI is InChI=1S/C14H19ClN6O2/c1-3-5-16-14(23)13-11(8-17-20(13)2)19-12(22)4-6-21-9-10(15)7-18-21/h7-9H,3-6H2,1-2H3,(H,16,23)(H,19,22). The summed E-state index contributed by atoms with van der Waals surface area (Å²) in [4.78, 5) is 24.2. The van der Waals surface area contributed by atoms with Crippen molar-refractivity contribution in [3.8, 4) is 0 Å². The lowest BCUT2D eigenvalue weighted by Gasteiger charge is -2.08. The van der Waals surface area contributed by atoms with Gasteiger partial charge >= 0.3 is 0 Å². The van der Waals surface area contributed by atoms with Crippen LogP contribution >= 0.6 is 11.6 Å². The third-order valence-electron chi connectivity index (χ3n) is 3.13. The first kappa shape index (κ1) is 17.0. The average Bonchev–Trinajstić information content (AvgIpc) is 3.09. The maximum Gasteiger partial charge on any atom is 0.271 e. The molecule has 2 N–H and O–H groups in total. The van der Waals surface area contributed by atoms with Gasteiger partial charge in [-0.25, -0.2) is 0 Å². The molecule has 0 saturated heterocycles. The summed E-state index contributed by atoms with van der Waals surface area (Å²) in [6.07, 6.45) is 5.66. The molecule has 2 heterocycles. The zero-order valence-electron chi connectivity index (χ0n) is 13.0. The second-order valence-corrected chi connectivity index (χ2v) is 5.44. The molecular weight excluding hydrogens is 320 g/mol. The van der Waals surface area contributed by atoms with Crippen molar-refractivity contribution in [1.82, 2.24) is 24.9 Å². The van der Waals surface area contributed by atoms with Gasteiger partial charge in [-0.15, -0.1) is 0 Å². The molecule has 0 spiro atoms. The third-order valence-corrected chi connectivity index (χ3v) is 3.33. The molecule has 0 aliphatic rings. The minimum Gasteiger partial charge on any atom is -0.351 e. The molecule has 2 aromatic heterocycles. The fourth-order valence-electron chi connectivity index (χ4n) is 2.01. The lowest BCUT2D eigenvalue weighted by Crippen LogP contribution is -2.27. The molecule has 0 atom stereocenters. The summed E-state index contributed by atoms with van der Waals surface area (Å²) in [7, 11) is 1.66. The zero-order valence-corrected chi connectivity index (χ0v) is 13.8. The minimum atomic E-state index is -0.263. The number of carbonyl (C=O) groups is 2. The fraction of sp³-hybridized carbons (Fsp3) is 0.429. The monoisotopic (exact) mass is 338 g/mol. The van der Waals surface area contributed by atoms with E-state index in [4.69, 9.17) is 11.6 Å². The first-order valence-electron chi connectivity index (χ1n) is 7.29. The highest BCUT2D eigenvalue weighted by molar-refractivity contribution is 6.30. The van der Waals surface area contributed by atoms with Crippen molar-refractivity contribution < 1.29 is 9.59 Å². The Hall–Kier alpha value is -2.35. The van der Waals surface area contributed by atoms with Gasteiger partial charge in [0.15, 0.2) is 0 Å². The van der Waals surface area contributed by atoms with E-state index in [1.165, 1.54) is 17.1 Å². The number of halogens is 1. The predicted molar refractivity (Wildman–Crippen MR) is 86.3 cm³/mol. The van der Waals surface area contributed by atoms with E-state index in [1.54, 1.807) is 17.9 Å². The van der Waals surface area contributed by atoms with Gasteiger partial charge in [0.2, 0.25) is 5.91 Å². The average molecular weight is 339 g/mol. The second-order valence-electron chi connectivity index (χ2n) is 5.01. The quantitative estimate of drug-likeness (QED) is 0.798. The van der Waals surface area contributed by atoms with Gasteiger partial charge in [0.05, 0.1) is 23.1 Å². The van der Waals surface area contributed by atoms with Gasteiger partial charge in [0.1, 0.15) is 5.69 Å². The van der Waals surface area contributed by atoms with Gasteiger partial charge in [-0.1, -0.05) is 18.5 Å². The van der Waals surface area contributed by atoms with Crippen LogP contribution in [0.25, 0.3) is 0 Å². The third kappa shape index (κ3) is 4.56. The van der Waals surface area contributed by atoms with Crippen molar-refractivity contribution in [1.29, 1.82) is 0 Å². The number of hydrogen-bond acceptors (Lipinski definition) is 4. The Labute approximate surface area is 138 Å². The first-order valence-corrected chi connectivity index (χ1v) is 7.67. The number of aryl methyl sites for hydroxylation is 2. The SMILES string of the molecule is CCCNC(=O)c1c(NC(=O)CCn2cc(Cl)cn2)cnn1C. The fourth-order valence-corrected chi connectivity index (χ4v) is 2.17. The number of anilines is 1. The lowest BCUT2D eigenvalue weighted by atomic mass is 10.3. The number of carbonyl (C=O) groups excluding carboxylic acids is 2. The van der Waals surface area contributed by atoms with Crippen molar-refractivity contribution in [2.24, 2.45) is 7.05 Å². The summed E-state index contributed by atoms with van der Waals surface area (Å²) < 4.78 is 3.02. The smallest absolute Gasteiger partial charge is 0.271 e. The molecule has 124 valence electrons. The Kier molecular flexibility index (Phi) is 5.75. The number of amides is 2. The molecule has 0 aromatic carbocycles. The van der Waals surface area contributed by atoms with E-state index in [9.17, 15) is 9.59 Å². The van der Waals surface area contributed by atoms with E-state index < -0.39 is 0 Å². The van der Waals surface area contributed by atoms with Gasteiger partial charge < -0.3 is 10.6 Å². The van der Waals surface area contributed by atoms with Crippen LogP contribution in [-0.2, 0) is 18.4 Å².